The average molecular weight is 319 g/mol. The molecule has 0 heteroatoms. The molecule has 0 nitrogen and oxygen atoms in total. The number of rotatable bonds is 4. The fourth-order valence-corrected chi connectivity index (χ4v) is 3.84. The van der Waals surface area contributed by atoms with Crippen molar-refractivity contribution in [2.75, 3.05) is 0 Å². The molecule has 0 saturated carbocycles. The van der Waals surface area contributed by atoms with Gasteiger partial charge in [-0.1, -0.05) is 89.6 Å². The molecule has 0 spiro atoms. The average Bonchev–Trinajstić information content (AvgIpc) is 2.98. The molecule has 0 bridgehead atoms. The highest BCUT2D eigenvalue weighted by atomic mass is 14.3. The van der Waals surface area contributed by atoms with Crippen molar-refractivity contribution in [2.24, 2.45) is 5.92 Å². The highest BCUT2D eigenvalue weighted by molar-refractivity contribution is 5.85. The maximum Gasteiger partial charge on any atom is -0.00550 e. The molecule has 1 aliphatic carbocycles. The van der Waals surface area contributed by atoms with Crippen LogP contribution in [0.1, 0.15) is 75.6 Å². The van der Waals surface area contributed by atoms with Crippen LogP contribution >= 0.6 is 0 Å². The maximum absolute atomic E-state index is 2.47. The van der Waals surface area contributed by atoms with E-state index in [1.54, 1.807) is 5.57 Å². The van der Waals surface area contributed by atoms with Gasteiger partial charge in [0.15, 0.2) is 0 Å². The van der Waals surface area contributed by atoms with Gasteiger partial charge in [0.25, 0.3) is 0 Å². The highest BCUT2D eigenvalue weighted by Crippen LogP contribution is 2.42. The molecule has 3 rings (SSSR count). The number of fused-ring (bicyclic) bond motifs is 1. The molecule has 1 aliphatic rings. The zero-order chi connectivity index (χ0) is 17.4. The van der Waals surface area contributed by atoms with E-state index in [9.17, 15) is 0 Å². The van der Waals surface area contributed by atoms with Crippen LogP contribution in [0.15, 0.2) is 42.0 Å². The lowest BCUT2D eigenvalue weighted by Gasteiger charge is -2.21. The van der Waals surface area contributed by atoms with Crippen LogP contribution in [-0.2, 0) is 6.42 Å². The molecule has 2 aromatic carbocycles. The first-order chi connectivity index (χ1) is 11.4. The Balaban J connectivity index is 2.30. The first-order valence-electron chi connectivity index (χ1n) is 9.35. The van der Waals surface area contributed by atoms with E-state index in [1.807, 2.05) is 0 Å². The molecule has 24 heavy (non-hydrogen) atoms. The van der Waals surface area contributed by atoms with Crippen molar-refractivity contribution in [1.29, 1.82) is 0 Å². The lowest BCUT2D eigenvalue weighted by molar-refractivity contribution is 0.754. The minimum absolute atomic E-state index is 0.530. The summed E-state index contributed by atoms with van der Waals surface area (Å²) in [6, 6.07) is 13.7. The normalized spacial score (nSPS) is 13.8. The van der Waals surface area contributed by atoms with Crippen LogP contribution in [-0.4, -0.2) is 0 Å². The van der Waals surface area contributed by atoms with Gasteiger partial charge in [0, 0.05) is 0 Å². The van der Waals surface area contributed by atoms with E-state index in [0.717, 1.165) is 6.42 Å². The molecule has 0 amide bonds. The third-order valence-corrected chi connectivity index (χ3v) is 5.31. The van der Waals surface area contributed by atoms with Crippen LogP contribution in [0.5, 0.6) is 0 Å². The summed E-state index contributed by atoms with van der Waals surface area (Å²) in [5.74, 6) is 1.68. The summed E-state index contributed by atoms with van der Waals surface area (Å²) in [6.45, 7) is 13.8. The molecular weight excluding hydrogens is 288 g/mol. The molecule has 0 unspecified atom stereocenters. The van der Waals surface area contributed by atoms with Gasteiger partial charge in [-0.3, -0.25) is 0 Å². The minimum Gasteiger partial charge on any atom is -0.0626 e. The first-order valence-corrected chi connectivity index (χ1v) is 9.35. The van der Waals surface area contributed by atoms with Crippen molar-refractivity contribution in [3.05, 3.63) is 64.2 Å². The third-order valence-electron chi connectivity index (χ3n) is 5.31. The van der Waals surface area contributed by atoms with Gasteiger partial charge in [-0.15, -0.1) is 0 Å². The van der Waals surface area contributed by atoms with Crippen molar-refractivity contribution in [3.63, 3.8) is 0 Å². The summed E-state index contributed by atoms with van der Waals surface area (Å²) in [4.78, 5) is 0. The summed E-state index contributed by atoms with van der Waals surface area (Å²) in [7, 11) is 0. The van der Waals surface area contributed by atoms with Crippen molar-refractivity contribution < 1.29 is 0 Å². The fourth-order valence-electron chi connectivity index (χ4n) is 3.84. The molecule has 126 valence electrons. The SMILES string of the molecule is CC(C)C1=Cc2c(ccc(C(C)C)c2-c2ccccc2C(C)C)C1. The predicted molar refractivity (Wildman–Crippen MR) is 107 cm³/mol. The standard InChI is InChI=1S/C24H30/c1-15(2)19-13-18-11-12-21(17(5)6)24(23(18)14-19)22-10-8-7-9-20(22)16(3)4/h7-12,14-17H,13H2,1-6H3. The van der Waals surface area contributed by atoms with Gasteiger partial charge in [0.05, 0.1) is 0 Å². The summed E-state index contributed by atoms with van der Waals surface area (Å²) in [6.07, 6.45) is 3.58. The summed E-state index contributed by atoms with van der Waals surface area (Å²) >= 11 is 0. The summed E-state index contributed by atoms with van der Waals surface area (Å²) < 4.78 is 0. The molecule has 0 N–H and O–H groups in total. The van der Waals surface area contributed by atoms with Gasteiger partial charge in [-0.25, -0.2) is 0 Å². The molecule has 0 atom stereocenters. The van der Waals surface area contributed by atoms with E-state index in [1.165, 1.54) is 33.4 Å². The Morgan fingerprint density at radius 1 is 0.708 bits per heavy atom. The Labute approximate surface area is 147 Å². The summed E-state index contributed by atoms with van der Waals surface area (Å²) in [5.41, 5.74) is 10.4. The van der Waals surface area contributed by atoms with Gasteiger partial charge in [-0.2, -0.15) is 0 Å². The highest BCUT2D eigenvalue weighted by Gasteiger charge is 2.23. The van der Waals surface area contributed by atoms with E-state index in [0.29, 0.717) is 17.8 Å². The van der Waals surface area contributed by atoms with E-state index >= 15 is 0 Å². The lowest BCUT2D eigenvalue weighted by Crippen LogP contribution is -2.01. The smallest absolute Gasteiger partial charge is 0.00550 e. The molecule has 0 radical (unpaired) electrons. The fraction of sp³-hybridized carbons (Fsp3) is 0.417. The third kappa shape index (κ3) is 2.95. The second-order valence-corrected chi connectivity index (χ2v) is 8.05. The number of allylic oxidation sites excluding steroid dienone is 1. The molecule has 0 aromatic heterocycles. The van der Waals surface area contributed by atoms with E-state index in [2.05, 4.69) is 84.0 Å². The second-order valence-electron chi connectivity index (χ2n) is 8.05. The van der Waals surface area contributed by atoms with Gasteiger partial charge in [0.2, 0.25) is 0 Å². The zero-order valence-electron chi connectivity index (χ0n) is 16.0. The second kappa shape index (κ2) is 6.59. The van der Waals surface area contributed by atoms with Crippen LogP contribution < -0.4 is 0 Å². The topological polar surface area (TPSA) is 0 Å². The number of hydrogen-bond acceptors (Lipinski definition) is 0. The molecule has 0 saturated heterocycles. The zero-order valence-corrected chi connectivity index (χ0v) is 16.0. The predicted octanol–water partition coefficient (Wildman–Crippen LogP) is 7.20. The number of hydrogen-bond donors (Lipinski definition) is 0. The Morgan fingerprint density at radius 3 is 2.00 bits per heavy atom. The van der Waals surface area contributed by atoms with Gasteiger partial charge in [0.1, 0.15) is 0 Å². The van der Waals surface area contributed by atoms with E-state index < -0.39 is 0 Å². The lowest BCUT2D eigenvalue weighted by atomic mass is 9.83. The van der Waals surface area contributed by atoms with Crippen molar-refractivity contribution >= 4 is 6.08 Å². The quantitative estimate of drug-likeness (QED) is 0.559. The van der Waals surface area contributed by atoms with Crippen LogP contribution in [0.3, 0.4) is 0 Å². The van der Waals surface area contributed by atoms with E-state index in [4.69, 9.17) is 0 Å². The Kier molecular flexibility index (Phi) is 4.67. The van der Waals surface area contributed by atoms with Gasteiger partial charge >= 0.3 is 0 Å². The van der Waals surface area contributed by atoms with Crippen LogP contribution in [0.2, 0.25) is 0 Å². The molecule has 0 heterocycles. The first kappa shape index (κ1) is 17.0. The van der Waals surface area contributed by atoms with Crippen LogP contribution in [0.25, 0.3) is 17.2 Å². The summed E-state index contributed by atoms with van der Waals surface area (Å²) in [5, 5.41) is 0. The molecular formula is C24H30. The minimum atomic E-state index is 0.530. The monoisotopic (exact) mass is 318 g/mol. The number of benzene rings is 2. The van der Waals surface area contributed by atoms with E-state index in [-0.39, 0.29) is 0 Å². The molecule has 2 aromatic rings. The van der Waals surface area contributed by atoms with Crippen LogP contribution in [0.4, 0.5) is 0 Å². The Hall–Kier alpha value is -1.82. The molecule has 0 fully saturated rings. The largest absolute Gasteiger partial charge is 0.0626 e. The van der Waals surface area contributed by atoms with Crippen molar-refractivity contribution in [2.45, 2.75) is 59.8 Å². The maximum atomic E-state index is 2.47. The Morgan fingerprint density at radius 2 is 1.38 bits per heavy atom. The van der Waals surface area contributed by atoms with Crippen LogP contribution in [0, 0.1) is 5.92 Å². The van der Waals surface area contributed by atoms with Crippen molar-refractivity contribution in [1.82, 2.24) is 0 Å². The Bertz CT molecular complexity index is 773. The van der Waals surface area contributed by atoms with Gasteiger partial charge in [-0.05, 0) is 57.6 Å². The molecule has 0 aliphatic heterocycles. The van der Waals surface area contributed by atoms with Gasteiger partial charge < -0.3 is 0 Å². The van der Waals surface area contributed by atoms with Crippen molar-refractivity contribution in [3.8, 4) is 11.1 Å².